The lowest BCUT2D eigenvalue weighted by Crippen LogP contribution is -2.02. The summed E-state index contributed by atoms with van der Waals surface area (Å²) in [7, 11) is 1.56. The number of rotatable bonds is 4. The first-order chi connectivity index (χ1) is 10.7. The summed E-state index contributed by atoms with van der Waals surface area (Å²) in [5.41, 5.74) is 1.23. The molecular formula is C18H16O4. The Bertz CT molecular complexity index is 850. The van der Waals surface area contributed by atoms with Crippen molar-refractivity contribution in [2.75, 3.05) is 13.7 Å². The SMILES string of the molecule is CCOc1cc2c(=O)cc(-c3ccccc3)oc2cc1OC. The minimum absolute atomic E-state index is 0.108. The highest BCUT2D eigenvalue weighted by molar-refractivity contribution is 5.82. The maximum absolute atomic E-state index is 12.4. The van der Waals surface area contributed by atoms with Crippen LogP contribution in [0.5, 0.6) is 11.5 Å². The molecule has 0 N–H and O–H groups in total. The fourth-order valence-electron chi connectivity index (χ4n) is 2.34. The molecule has 4 nitrogen and oxygen atoms in total. The summed E-state index contributed by atoms with van der Waals surface area (Å²) >= 11 is 0. The second kappa shape index (κ2) is 5.93. The van der Waals surface area contributed by atoms with Crippen molar-refractivity contribution >= 4 is 11.0 Å². The Hall–Kier alpha value is -2.75. The molecule has 3 rings (SSSR count). The summed E-state index contributed by atoms with van der Waals surface area (Å²) in [6.45, 7) is 2.37. The summed E-state index contributed by atoms with van der Waals surface area (Å²) in [6, 6.07) is 14.4. The maximum atomic E-state index is 12.4. The van der Waals surface area contributed by atoms with E-state index in [-0.39, 0.29) is 5.43 Å². The van der Waals surface area contributed by atoms with Crippen LogP contribution in [-0.2, 0) is 0 Å². The lowest BCUT2D eigenvalue weighted by atomic mass is 10.1. The Labute approximate surface area is 127 Å². The Morgan fingerprint density at radius 2 is 1.82 bits per heavy atom. The van der Waals surface area contributed by atoms with Crippen molar-refractivity contribution in [2.45, 2.75) is 6.92 Å². The molecule has 3 aromatic rings. The van der Waals surface area contributed by atoms with E-state index in [0.717, 1.165) is 5.56 Å². The Kier molecular flexibility index (Phi) is 3.83. The lowest BCUT2D eigenvalue weighted by Gasteiger charge is -2.10. The van der Waals surface area contributed by atoms with Crippen molar-refractivity contribution in [1.82, 2.24) is 0 Å². The fraction of sp³-hybridized carbons (Fsp3) is 0.167. The molecule has 112 valence electrons. The van der Waals surface area contributed by atoms with Crippen LogP contribution < -0.4 is 14.9 Å². The van der Waals surface area contributed by atoms with Crippen LogP contribution in [0.4, 0.5) is 0 Å². The van der Waals surface area contributed by atoms with E-state index in [1.165, 1.54) is 6.07 Å². The fourth-order valence-corrected chi connectivity index (χ4v) is 2.34. The first-order valence-electron chi connectivity index (χ1n) is 7.07. The van der Waals surface area contributed by atoms with Gasteiger partial charge in [-0.3, -0.25) is 4.79 Å². The van der Waals surface area contributed by atoms with Crippen LogP contribution in [-0.4, -0.2) is 13.7 Å². The highest BCUT2D eigenvalue weighted by Gasteiger charge is 2.12. The minimum atomic E-state index is -0.108. The molecule has 0 spiro atoms. The van der Waals surface area contributed by atoms with Gasteiger partial charge in [-0.05, 0) is 13.0 Å². The summed E-state index contributed by atoms with van der Waals surface area (Å²) in [6.07, 6.45) is 0. The van der Waals surface area contributed by atoms with E-state index in [1.54, 1.807) is 19.2 Å². The van der Waals surface area contributed by atoms with Crippen molar-refractivity contribution in [3.8, 4) is 22.8 Å². The van der Waals surface area contributed by atoms with Gasteiger partial charge < -0.3 is 13.9 Å². The van der Waals surface area contributed by atoms with E-state index in [1.807, 2.05) is 37.3 Å². The topological polar surface area (TPSA) is 48.7 Å². The van der Waals surface area contributed by atoms with Gasteiger partial charge in [-0.2, -0.15) is 0 Å². The summed E-state index contributed by atoms with van der Waals surface area (Å²) in [5, 5.41) is 0.476. The van der Waals surface area contributed by atoms with Gasteiger partial charge in [-0.1, -0.05) is 30.3 Å². The lowest BCUT2D eigenvalue weighted by molar-refractivity contribution is 0.311. The molecule has 0 aliphatic heterocycles. The summed E-state index contributed by atoms with van der Waals surface area (Å²) < 4.78 is 16.7. The number of methoxy groups -OCH3 is 1. The molecule has 0 fully saturated rings. The van der Waals surface area contributed by atoms with Crippen molar-refractivity contribution < 1.29 is 13.9 Å². The van der Waals surface area contributed by atoms with Gasteiger partial charge in [0.25, 0.3) is 0 Å². The average Bonchev–Trinajstić information content (AvgIpc) is 2.55. The van der Waals surface area contributed by atoms with Gasteiger partial charge >= 0.3 is 0 Å². The molecule has 4 heteroatoms. The zero-order valence-corrected chi connectivity index (χ0v) is 12.5. The number of hydrogen-bond donors (Lipinski definition) is 0. The molecule has 0 saturated carbocycles. The molecule has 0 aliphatic carbocycles. The van der Waals surface area contributed by atoms with Gasteiger partial charge in [-0.15, -0.1) is 0 Å². The third-order valence-electron chi connectivity index (χ3n) is 3.37. The highest BCUT2D eigenvalue weighted by atomic mass is 16.5. The molecule has 0 atom stereocenters. The predicted octanol–water partition coefficient (Wildman–Crippen LogP) is 3.87. The second-order valence-corrected chi connectivity index (χ2v) is 4.77. The van der Waals surface area contributed by atoms with E-state index in [4.69, 9.17) is 13.9 Å². The molecule has 22 heavy (non-hydrogen) atoms. The van der Waals surface area contributed by atoms with Crippen LogP contribution in [0.3, 0.4) is 0 Å². The highest BCUT2D eigenvalue weighted by Crippen LogP contribution is 2.32. The van der Waals surface area contributed by atoms with Gasteiger partial charge in [-0.25, -0.2) is 0 Å². The summed E-state index contributed by atoms with van der Waals surface area (Å²) in [4.78, 5) is 12.4. The molecular weight excluding hydrogens is 280 g/mol. The first kappa shape index (κ1) is 14.2. The van der Waals surface area contributed by atoms with Crippen molar-refractivity contribution in [2.24, 2.45) is 0 Å². The second-order valence-electron chi connectivity index (χ2n) is 4.77. The zero-order valence-electron chi connectivity index (χ0n) is 12.5. The predicted molar refractivity (Wildman–Crippen MR) is 85.6 cm³/mol. The number of benzene rings is 2. The quantitative estimate of drug-likeness (QED) is 0.733. The average molecular weight is 296 g/mol. The van der Waals surface area contributed by atoms with Crippen LogP contribution in [0, 0.1) is 0 Å². The van der Waals surface area contributed by atoms with Gasteiger partial charge in [0, 0.05) is 17.7 Å². The summed E-state index contributed by atoms with van der Waals surface area (Å²) in [5.74, 6) is 1.62. The maximum Gasteiger partial charge on any atom is 0.193 e. The molecule has 1 aromatic heterocycles. The molecule has 0 bridgehead atoms. The van der Waals surface area contributed by atoms with Crippen molar-refractivity contribution in [3.63, 3.8) is 0 Å². The monoisotopic (exact) mass is 296 g/mol. The Morgan fingerprint density at radius 3 is 2.50 bits per heavy atom. The van der Waals surface area contributed by atoms with Crippen LogP contribution in [0.2, 0.25) is 0 Å². The van der Waals surface area contributed by atoms with Crippen LogP contribution in [0.1, 0.15) is 6.92 Å². The molecule has 2 aromatic carbocycles. The zero-order chi connectivity index (χ0) is 15.5. The van der Waals surface area contributed by atoms with Gasteiger partial charge in [0.1, 0.15) is 11.3 Å². The van der Waals surface area contributed by atoms with E-state index >= 15 is 0 Å². The molecule has 0 aliphatic rings. The first-order valence-corrected chi connectivity index (χ1v) is 7.07. The van der Waals surface area contributed by atoms with Crippen LogP contribution in [0.15, 0.2) is 57.7 Å². The smallest absolute Gasteiger partial charge is 0.193 e. The molecule has 0 saturated heterocycles. The van der Waals surface area contributed by atoms with Crippen LogP contribution >= 0.6 is 0 Å². The number of fused-ring (bicyclic) bond motifs is 1. The number of ether oxygens (including phenoxy) is 2. The molecule has 0 amide bonds. The third-order valence-corrected chi connectivity index (χ3v) is 3.37. The Balaban J connectivity index is 2.22. The Morgan fingerprint density at radius 1 is 1.05 bits per heavy atom. The minimum Gasteiger partial charge on any atom is -0.493 e. The molecule has 0 radical (unpaired) electrons. The van der Waals surface area contributed by atoms with Crippen molar-refractivity contribution in [1.29, 1.82) is 0 Å². The van der Waals surface area contributed by atoms with E-state index in [9.17, 15) is 4.79 Å². The third kappa shape index (κ3) is 2.55. The largest absolute Gasteiger partial charge is 0.493 e. The van der Waals surface area contributed by atoms with Gasteiger partial charge in [0.2, 0.25) is 0 Å². The number of hydrogen-bond acceptors (Lipinski definition) is 4. The van der Waals surface area contributed by atoms with Crippen LogP contribution in [0.25, 0.3) is 22.3 Å². The molecule has 0 unspecified atom stereocenters. The normalized spacial score (nSPS) is 10.6. The van der Waals surface area contributed by atoms with Gasteiger partial charge in [0.05, 0.1) is 19.1 Å². The van der Waals surface area contributed by atoms with Gasteiger partial charge in [0.15, 0.2) is 16.9 Å². The van der Waals surface area contributed by atoms with E-state index in [0.29, 0.717) is 34.8 Å². The standard InChI is InChI=1S/C18H16O4/c1-3-21-18-9-13-14(19)10-15(12-7-5-4-6-8-12)22-16(13)11-17(18)20-2/h4-11H,3H2,1-2H3. The van der Waals surface area contributed by atoms with E-state index < -0.39 is 0 Å². The van der Waals surface area contributed by atoms with Crippen molar-refractivity contribution in [3.05, 3.63) is 58.8 Å². The van der Waals surface area contributed by atoms with E-state index in [2.05, 4.69) is 0 Å². The molecule has 1 heterocycles.